The van der Waals surface area contributed by atoms with E-state index in [1.165, 1.54) is 0 Å². The fourth-order valence-corrected chi connectivity index (χ4v) is 4.53. The van der Waals surface area contributed by atoms with Crippen LogP contribution in [0, 0.1) is 12.8 Å². The lowest BCUT2D eigenvalue weighted by molar-refractivity contribution is -0.133. The minimum absolute atomic E-state index is 0.295. The second kappa shape index (κ2) is 10.5. The number of amides is 2. The first kappa shape index (κ1) is 25.3. The average Bonchev–Trinajstić information content (AvgIpc) is 3.31. The van der Waals surface area contributed by atoms with Crippen molar-refractivity contribution in [1.29, 1.82) is 0 Å². The Labute approximate surface area is 210 Å². The van der Waals surface area contributed by atoms with Gasteiger partial charge in [0.2, 0.25) is 5.91 Å². The number of rotatable bonds is 8. The molecule has 1 saturated heterocycles. The predicted molar refractivity (Wildman–Crippen MR) is 138 cm³/mol. The molecule has 1 aliphatic rings. The summed E-state index contributed by atoms with van der Waals surface area (Å²) in [6.07, 6.45) is 1.81. The van der Waals surface area contributed by atoms with Gasteiger partial charge in [-0.1, -0.05) is 24.3 Å². The Balaban J connectivity index is 1.42. The van der Waals surface area contributed by atoms with Gasteiger partial charge in [-0.15, -0.1) is 6.58 Å². The first-order valence-electron chi connectivity index (χ1n) is 11.9. The largest absolute Gasteiger partial charge is 0.489 e. The molecule has 0 aliphatic carbocycles. The number of pyridine rings is 1. The van der Waals surface area contributed by atoms with E-state index in [9.17, 15) is 14.8 Å². The third-order valence-corrected chi connectivity index (χ3v) is 6.84. The monoisotopic (exact) mass is 488 g/mol. The van der Waals surface area contributed by atoms with Crippen LogP contribution in [0.15, 0.2) is 67.3 Å². The molecule has 2 atom stereocenters. The maximum Gasteiger partial charge on any atom is 0.251 e. The predicted octanol–water partition coefficient (Wildman–Crippen LogP) is 3.62. The highest BCUT2D eigenvalue weighted by atomic mass is 16.5. The molecular weight excluding hydrogens is 456 g/mol. The van der Waals surface area contributed by atoms with E-state index in [2.05, 4.69) is 21.8 Å². The van der Waals surface area contributed by atoms with Crippen molar-refractivity contribution in [2.75, 3.05) is 13.1 Å². The molecule has 1 fully saturated rings. The van der Waals surface area contributed by atoms with Crippen molar-refractivity contribution in [2.45, 2.75) is 39.0 Å². The third-order valence-electron chi connectivity index (χ3n) is 6.84. The maximum atomic E-state index is 13.0. The van der Waals surface area contributed by atoms with Gasteiger partial charge in [0.05, 0.1) is 17.5 Å². The Bertz CT molecular complexity index is 1270. The van der Waals surface area contributed by atoms with E-state index >= 15 is 0 Å². The number of hydrogen-bond acceptors (Lipinski definition) is 6. The summed E-state index contributed by atoms with van der Waals surface area (Å²) in [7, 11) is 0. The number of aromatic nitrogens is 1. The van der Waals surface area contributed by atoms with Gasteiger partial charge in [-0.3, -0.25) is 24.7 Å². The van der Waals surface area contributed by atoms with E-state index in [0.717, 1.165) is 22.2 Å². The second-order valence-electron chi connectivity index (χ2n) is 9.68. The molecule has 0 saturated carbocycles. The lowest BCUT2D eigenvalue weighted by atomic mass is 10.0. The molecule has 188 valence electrons. The Morgan fingerprint density at radius 1 is 1.19 bits per heavy atom. The van der Waals surface area contributed by atoms with Gasteiger partial charge >= 0.3 is 0 Å². The number of nitrogens with one attached hydrogen (secondary N) is 2. The van der Waals surface area contributed by atoms with Crippen molar-refractivity contribution in [3.63, 3.8) is 0 Å². The third kappa shape index (κ3) is 5.40. The van der Waals surface area contributed by atoms with Crippen LogP contribution in [0.4, 0.5) is 0 Å². The summed E-state index contributed by atoms with van der Waals surface area (Å²) in [6.45, 7) is 11.0. The number of hydroxylamine groups is 1. The molecule has 36 heavy (non-hydrogen) atoms. The minimum Gasteiger partial charge on any atom is -0.489 e. The van der Waals surface area contributed by atoms with Gasteiger partial charge in [0.1, 0.15) is 12.4 Å². The lowest BCUT2D eigenvalue weighted by Gasteiger charge is -2.32. The second-order valence-corrected chi connectivity index (χ2v) is 9.68. The first-order chi connectivity index (χ1) is 17.2. The average molecular weight is 489 g/mol. The summed E-state index contributed by atoms with van der Waals surface area (Å²) >= 11 is 0. The molecule has 3 N–H and O–H groups in total. The zero-order chi connectivity index (χ0) is 25.9. The van der Waals surface area contributed by atoms with E-state index in [4.69, 9.17) is 4.74 Å². The molecule has 2 aromatic carbocycles. The number of nitrogens with zero attached hydrogens (tertiary/aromatic N) is 2. The summed E-state index contributed by atoms with van der Waals surface area (Å²) in [6, 6.07) is 16.4. The Morgan fingerprint density at radius 2 is 1.92 bits per heavy atom. The van der Waals surface area contributed by atoms with Crippen molar-refractivity contribution in [1.82, 2.24) is 20.7 Å². The van der Waals surface area contributed by atoms with Crippen molar-refractivity contribution in [3.8, 4) is 5.75 Å². The molecule has 0 spiro atoms. The van der Waals surface area contributed by atoms with Crippen LogP contribution in [-0.2, 0) is 11.4 Å². The van der Waals surface area contributed by atoms with Crippen LogP contribution in [0.2, 0.25) is 0 Å². The van der Waals surface area contributed by atoms with Gasteiger partial charge in [-0.25, -0.2) is 5.48 Å². The minimum atomic E-state index is -0.584. The van der Waals surface area contributed by atoms with E-state index in [1.807, 2.05) is 51.1 Å². The lowest BCUT2D eigenvalue weighted by Crippen LogP contribution is -2.46. The van der Waals surface area contributed by atoms with Crippen LogP contribution in [-0.4, -0.2) is 51.6 Å². The number of likely N-dealkylation sites (tertiary alicyclic amines) is 1. The van der Waals surface area contributed by atoms with Crippen LogP contribution >= 0.6 is 0 Å². The number of ether oxygens (including phenoxy) is 1. The maximum absolute atomic E-state index is 13.0. The first-order valence-corrected chi connectivity index (χ1v) is 11.9. The summed E-state index contributed by atoms with van der Waals surface area (Å²) < 4.78 is 5.99. The summed E-state index contributed by atoms with van der Waals surface area (Å²) in [5, 5.41) is 13.2. The van der Waals surface area contributed by atoms with Crippen LogP contribution in [0.1, 0.15) is 35.5 Å². The highest BCUT2D eigenvalue weighted by molar-refractivity contribution is 5.95. The fraction of sp³-hybridized carbons (Fsp3) is 0.321. The van der Waals surface area contributed by atoms with Crippen LogP contribution in [0.3, 0.4) is 0 Å². The summed E-state index contributed by atoms with van der Waals surface area (Å²) in [5.74, 6) is -0.761. The molecule has 2 heterocycles. The topological polar surface area (TPSA) is 104 Å². The zero-order valence-electron chi connectivity index (χ0n) is 20.8. The van der Waals surface area contributed by atoms with Gasteiger partial charge in [-0.2, -0.15) is 0 Å². The van der Waals surface area contributed by atoms with Crippen molar-refractivity contribution in [2.24, 2.45) is 5.92 Å². The molecule has 3 aromatic rings. The number of hydrogen-bond donors (Lipinski definition) is 3. The molecule has 2 amide bonds. The van der Waals surface area contributed by atoms with Gasteiger partial charge in [0.25, 0.3) is 5.91 Å². The van der Waals surface area contributed by atoms with Gasteiger partial charge in [0.15, 0.2) is 0 Å². The molecule has 1 aromatic heterocycles. The van der Waals surface area contributed by atoms with Crippen molar-refractivity contribution >= 4 is 22.7 Å². The van der Waals surface area contributed by atoms with E-state index in [0.29, 0.717) is 31.0 Å². The van der Waals surface area contributed by atoms with Crippen LogP contribution in [0.5, 0.6) is 5.75 Å². The number of carbonyl (C=O) groups excluding carboxylic acids is 2. The molecule has 4 rings (SSSR count). The number of aryl methyl sites for hydroxylation is 1. The van der Waals surface area contributed by atoms with E-state index in [1.54, 1.807) is 35.8 Å². The van der Waals surface area contributed by atoms with Gasteiger partial charge in [-0.05, 0) is 57.2 Å². The summed E-state index contributed by atoms with van der Waals surface area (Å²) in [4.78, 5) is 31.8. The fourth-order valence-electron chi connectivity index (χ4n) is 4.53. The highest BCUT2D eigenvalue weighted by Crippen LogP contribution is 2.27. The smallest absolute Gasteiger partial charge is 0.251 e. The molecule has 8 nitrogen and oxygen atoms in total. The molecule has 0 unspecified atom stereocenters. The van der Waals surface area contributed by atoms with Crippen molar-refractivity contribution in [3.05, 3.63) is 84.1 Å². The number of carbonyl (C=O) groups is 2. The molecule has 0 radical (unpaired) electrons. The van der Waals surface area contributed by atoms with Gasteiger partial charge in [0, 0.05) is 40.8 Å². The summed E-state index contributed by atoms with van der Waals surface area (Å²) in [5.41, 5.74) is 4.72. The number of benzene rings is 2. The molecular formula is C28H32N4O4. The standard InChI is InChI=1S/C28H32N4O4/c1-5-28(3,4)32-15-23(27(34)31-35)25(16-32)30-26(33)19-10-12-21(13-11-19)36-17-20-14-18(2)29-24-9-7-6-8-22(20)24/h5-14,23,25,35H,1,15-17H2,2-4H3,(H,30,33)(H,31,34)/t23-,25+/m0/s1. The molecule has 0 bridgehead atoms. The molecule has 8 heteroatoms. The van der Waals surface area contributed by atoms with E-state index in [-0.39, 0.29) is 11.4 Å². The quantitative estimate of drug-likeness (QED) is 0.254. The van der Waals surface area contributed by atoms with Crippen LogP contribution in [0.25, 0.3) is 10.9 Å². The van der Waals surface area contributed by atoms with Gasteiger partial charge < -0.3 is 10.1 Å². The number of para-hydroxylation sites is 1. The highest BCUT2D eigenvalue weighted by Gasteiger charge is 2.42. The Kier molecular flexibility index (Phi) is 7.37. The van der Waals surface area contributed by atoms with E-state index < -0.39 is 17.9 Å². The van der Waals surface area contributed by atoms with Crippen molar-refractivity contribution < 1.29 is 19.5 Å². The Hall–Kier alpha value is -3.75. The number of fused-ring (bicyclic) bond motifs is 1. The normalized spacial score (nSPS) is 18.1. The Morgan fingerprint density at radius 3 is 2.61 bits per heavy atom. The molecule has 1 aliphatic heterocycles. The van der Waals surface area contributed by atoms with Crippen LogP contribution < -0.4 is 15.5 Å². The SMILES string of the molecule is C=CC(C)(C)N1C[C@H](C(=O)NO)[C@H](NC(=O)c2ccc(OCc3cc(C)nc4ccccc34)cc2)C1. The zero-order valence-corrected chi connectivity index (χ0v) is 20.8.